The van der Waals surface area contributed by atoms with Crippen LogP contribution in [0.25, 0.3) is 0 Å². The lowest BCUT2D eigenvalue weighted by atomic mass is 10.1. The smallest absolute Gasteiger partial charge is 0.119 e. The van der Waals surface area contributed by atoms with Gasteiger partial charge in [0, 0.05) is 7.11 Å². The Morgan fingerprint density at radius 3 is 1.91 bits per heavy atom. The van der Waals surface area contributed by atoms with Crippen molar-refractivity contribution < 1.29 is 14.2 Å². The molecule has 2 aromatic carbocycles. The van der Waals surface area contributed by atoms with Crippen LogP contribution in [-0.2, 0) is 11.2 Å². The van der Waals surface area contributed by atoms with Gasteiger partial charge in [-0.15, -0.1) is 0 Å². The molecule has 0 aliphatic rings. The summed E-state index contributed by atoms with van der Waals surface area (Å²) in [5.74, 6) is 1.71. The second-order valence-electron chi connectivity index (χ2n) is 5.25. The molecule has 3 heteroatoms. The van der Waals surface area contributed by atoms with Crippen molar-refractivity contribution in [1.29, 1.82) is 0 Å². The average molecular weight is 300 g/mol. The maximum atomic E-state index is 5.75. The summed E-state index contributed by atoms with van der Waals surface area (Å²) in [5, 5.41) is 0. The molecule has 0 aromatic heterocycles. The molecular formula is C19H24O3. The average Bonchev–Trinajstić information content (AvgIpc) is 2.55. The first-order valence-corrected chi connectivity index (χ1v) is 7.68. The van der Waals surface area contributed by atoms with Gasteiger partial charge < -0.3 is 14.2 Å². The molecule has 22 heavy (non-hydrogen) atoms. The number of methoxy groups -OCH3 is 1. The highest BCUT2D eigenvalue weighted by Crippen LogP contribution is 2.18. The minimum Gasteiger partial charge on any atom is -0.494 e. The van der Waals surface area contributed by atoms with Crippen LogP contribution in [0.5, 0.6) is 11.5 Å². The zero-order valence-electron chi connectivity index (χ0n) is 13.4. The van der Waals surface area contributed by atoms with E-state index in [0.29, 0.717) is 13.2 Å². The predicted octanol–water partition coefficient (Wildman–Crippen LogP) is 4.03. The molecule has 0 saturated carbocycles. The van der Waals surface area contributed by atoms with E-state index < -0.39 is 0 Å². The molecule has 0 aliphatic carbocycles. The molecular weight excluding hydrogens is 276 g/mol. The fourth-order valence-electron chi connectivity index (χ4n) is 2.10. The van der Waals surface area contributed by atoms with Crippen molar-refractivity contribution in [2.45, 2.75) is 19.8 Å². The summed E-state index contributed by atoms with van der Waals surface area (Å²) in [6.45, 7) is 3.98. The lowest BCUT2D eigenvalue weighted by Gasteiger charge is -2.08. The third-order valence-corrected chi connectivity index (χ3v) is 3.38. The summed E-state index contributed by atoms with van der Waals surface area (Å²) in [6.07, 6.45) is 2.05. The van der Waals surface area contributed by atoms with Crippen LogP contribution in [-0.4, -0.2) is 26.9 Å². The highest BCUT2D eigenvalue weighted by atomic mass is 16.5. The Morgan fingerprint density at radius 2 is 1.32 bits per heavy atom. The molecule has 0 heterocycles. The molecule has 0 aliphatic heterocycles. The molecule has 0 radical (unpaired) electrons. The second-order valence-corrected chi connectivity index (χ2v) is 5.25. The predicted molar refractivity (Wildman–Crippen MR) is 88.8 cm³/mol. The third-order valence-electron chi connectivity index (χ3n) is 3.38. The van der Waals surface area contributed by atoms with Crippen molar-refractivity contribution in [2.75, 3.05) is 26.9 Å². The summed E-state index contributed by atoms with van der Waals surface area (Å²) < 4.78 is 16.2. The van der Waals surface area contributed by atoms with Crippen LogP contribution < -0.4 is 9.47 Å². The van der Waals surface area contributed by atoms with Gasteiger partial charge in [-0.1, -0.05) is 29.8 Å². The van der Waals surface area contributed by atoms with Crippen molar-refractivity contribution in [3.63, 3.8) is 0 Å². The van der Waals surface area contributed by atoms with Gasteiger partial charge in [0.05, 0.1) is 13.2 Å². The second kappa shape index (κ2) is 9.11. The van der Waals surface area contributed by atoms with Crippen LogP contribution >= 0.6 is 0 Å². The third kappa shape index (κ3) is 5.78. The van der Waals surface area contributed by atoms with Gasteiger partial charge in [0.15, 0.2) is 0 Å². The highest BCUT2D eigenvalue weighted by Gasteiger charge is 1.98. The van der Waals surface area contributed by atoms with Crippen molar-refractivity contribution in [1.82, 2.24) is 0 Å². The van der Waals surface area contributed by atoms with Crippen LogP contribution in [0.4, 0.5) is 0 Å². The van der Waals surface area contributed by atoms with Gasteiger partial charge in [0.1, 0.15) is 18.1 Å². The Kier molecular flexibility index (Phi) is 6.78. The Labute approximate surface area is 132 Å². The molecule has 0 atom stereocenters. The molecule has 0 saturated heterocycles. The summed E-state index contributed by atoms with van der Waals surface area (Å²) in [7, 11) is 1.66. The van der Waals surface area contributed by atoms with E-state index in [1.807, 2.05) is 24.3 Å². The summed E-state index contributed by atoms with van der Waals surface area (Å²) in [5.41, 5.74) is 2.66. The fourth-order valence-corrected chi connectivity index (χ4v) is 2.10. The van der Waals surface area contributed by atoms with E-state index in [1.54, 1.807) is 7.11 Å². The van der Waals surface area contributed by atoms with E-state index in [1.165, 1.54) is 11.1 Å². The SMILES string of the molecule is COCCOc1ccc(OCCCc2ccc(C)cc2)cc1. The topological polar surface area (TPSA) is 27.7 Å². The molecule has 0 bridgehead atoms. The molecule has 118 valence electrons. The van der Waals surface area contributed by atoms with Crippen LogP contribution in [0.2, 0.25) is 0 Å². The molecule has 2 aromatic rings. The molecule has 2 rings (SSSR count). The maximum Gasteiger partial charge on any atom is 0.119 e. The number of hydrogen-bond donors (Lipinski definition) is 0. The minimum atomic E-state index is 0.563. The lowest BCUT2D eigenvalue weighted by molar-refractivity contribution is 0.146. The van der Waals surface area contributed by atoms with E-state index in [4.69, 9.17) is 14.2 Å². The van der Waals surface area contributed by atoms with Gasteiger partial charge in [-0.05, 0) is 49.6 Å². The molecule has 0 spiro atoms. The summed E-state index contributed by atoms with van der Waals surface area (Å²) >= 11 is 0. The number of benzene rings is 2. The molecule has 3 nitrogen and oxygen atoms in total. The van der Waals surface area contributed by atoms with Gasteiger partial charge in [0.25, 0.3) is 0 Å². The van der Waals surface area contributed by atoms with Crippen molar-refractivity contribution in [3.05, 3.63) is 59.7 Å². The number of aryl methyl sites for hydroxylation is 2. The zero-order chi connectivity index (χ0) is 15.6. The summed E-state index contributed by atoms with van der Waals surface area (Å²) in [4.78, 5) is 0. The maximum absolute atomic E-state index is 5.75. The Balaban J connectivity index is 1.67. The minimum absolute atomic E-state index is 0.563. The molecule has 0 N–H and O–H groups in total. The Morgan fingerprint density at radius 1 is 0.727 bits per heavy atom. The van der Waals surface area contributed by atoms with Crippen LogP contribution in [0, 0.1) is 6.92 Å². The van der Waals surface area contributed by atoms with Gasteiger partial charge in [-0.25, -0.2) is 0 Å². The van der Waals surface area contributed by atoms with Crippen LogP contribution in [0.1, 0.15) is 17.5 Å². The first kappa shape index (κ1) is 16.4. The van der Waals surface area contributed by atoms with Crippen molar-refractivity contribution >= 4 is 0 Å². The Bertz CT molecular complexity index is 532. The van der Waals surface area contributed by atoms with E-state index >= 15 is 0 Å². The number of ether oxygens (including phenoxy) is 3. The first-order valence-electron chi connectivity index (χ1n) is 7.68. The normalized spacial score (nSPS) is 10.5. The van der Waals surface area contributed by atoms with E-state index in [9.17, 15) is 0 Å². The largest absolute Gasteiger partial charge is 0.494 e. The number of hydrogen-bond acceptors (Lipinski definition) is 3. The van der Waals surface area contributed by atoms with Gasteiger partial charge >= 0.3 is 0 Å². The Hall–Kier alpha value is -2.00. The summed E-state index contributed by atoms with van der Waals surface area (Å²) in [6, 6.07) is 16.4. The van der Waals surface area contributed by atoms with E-state index in [0.717, 1.165) is 30.9 Å². The number of rotatable bonds is 9. The highest BCUT2D eigenvalue weighted by molar-refractivity contribution is 5.31. The van der Waals surface area contributed by atoms with Gasteiger partial charge in [-0.2, -0.15) is 0 Å². The zero-order valence-corrected chi connectivity index (χ0v) is 13.4. The van der Waals surface area contributed by atoms with E-state index in [-0.39, 0.29) is 0 Å². The van der Waals surface area contributed by atoms with Crippen LogP contribution in [0.15, 0.2) is 48.5 Å². The van der Waals surface area contributed by atoms with Crippen molar-refractivity contribution in [3.8, 4) is 11.5 Å². The standard InChI is InChI=1S/C19H24O3/c1-16-5-7-17(8-6-16)4-3-13-21-18-9-11-19(12-10-18)22-15-14-20-2/h5-12H,3-4,13-15H2,1-2H3. The van der Waals surface area contributed by atoms with Crippen LogP contribution in [0.3, 0.4) is 0 Å². The lowest BCUT2D eigenvalue weighted by Crippen LogP contribution is -2.04. The monoisotopic (exact) mass is 300 g/mol. The van der Waals surface area contributed by atoms with E-state index in [2.05, 4.69) is 31.2 Å². The quantitative estimate of drug-likeness (QED) is 0.654. The first-order chi connectivity index (χ1) is 10.8. The molecule has 0 unspecified atom stereocenters. The molecule has 0 fully saturated rings. The van der Waals surface area contributed by atoms with Gasteiger partial charge in [0.2, 0.25) is 0 Å². The van der Waals surface area contributed by atoms with Gasteiger partial charge in [-0.3, -0.25) is 0 Å². The molecule has 0 amide bonds. The fraction of sp³-hybridized carbons (Fsp3) is 0.368. The van der Waals surface area contributed by atoms with Crippen molar-refractivity contribution in [2.24, 2.45) is 0 Å².